The van der Waals surface area contributed by atoms with Crippen molar-refractivity contribution < 1.29 is 41.1 Å². The van der Waals surface area contributed by atoms with Crippen LogP contribution in [0.2, 0.25) is 0 Å². The first-order valence-corrected chi connectivity index (χ1v) is 26.1. The zero-order valence-corrected chi connectivity index (χ0v) is 40.9. The van der Waals surface area contributed by atoms with Crippen LogP contribution in [0.1, 0.15) is 45.2 Å². The summed E-state index contributed by atoms with van der Waals surface area (Å²) in [5.41, 5.74) is 4.27. The van der Waals surface area contributed by atoms with Gasteiger partial charge in [-0.1, -0.05) is 181 Å². The van der Waals surface area contributed by atoms with E-state index in [-0.39, 0.29) is 27.7 Å². The highest BCUT2D eigenvalue weighted by atomic mass is 32.2. The van der Waals surface area contributed by atoms with Crippen LogP contribution < -0.4 is 10.6 Å². The zero-order chi connectivity index (χ0) is 50.2. The monoisotopic (exact) mass is 1020 g/mol. The Labute approximate surface area is 423 Å². The summed E-state index contributed by atoms with van der Waals surface area (Å²) in [5, 5.41) is 11.1. The molecule has 0 radical (unpaired) electrons. The molecule has 362 valence electrons. The van der Waals surface area contributed by atoms with Gasteiger partial charge in [0.05, 0.1) is 0 Å². The van der Waals surface area contributed by atoms with Gasteiger partial charge in [0.15, 0.2) is 23.0 Å². The highest BCUT2D eigenvalue weighted by Gasteiger charge is 2.61. The molecule has 3 heterocycles. The minimum atomic E-state index is -4.29. The Morgan fingerprint density at radius 3 is 1.90 bits per heavy atom. The molecule has 7 aromatic rings. The van der Waals surface area contributed by atoms with E-state index in [9.17, 15) is 27.4 Å². The average molecular weight is 1020 g/mol. The van der Waals surface area contributed by atoms with Crippen LogP contribution in [0, 0.1) is 6.92 Å². The van der Waals surface area contributed by atoms with Crippen LogP contribution in [0.5, 0.6) is 0 Å². The first-order valence-electron chi connectivity index (χ1n) is 22.4. The summed E-state index contributed by atoms with van der Waals surface area (Å²) in [6.07, 6.45) is 1.89. The highest BCUT2D eigenvalue weighted by molar-refractivity contribution is 7.92. The van der Waals surface area contributed by atoms with Crippen LogP contribution in [0.4, 0.5) is 5.13 Å². The van der Waals surface area contributed by atoms with E-state index in [1.807, 2.05) is 66.7 Å². The quantitative estimate of drug-likeness (QED) is 0.0122. The number of nitrogens with one attached hydrogen (secondary N) is 2. The van der Waals surface area contributed by atoms with Gasteiger partial charge in [-0.25, -0.2) is 9.78 Å². The smallest absolute Gasteiger partial charge is 0.356 e. The second-order valence-corrected chi connectivity index (χ2v) is 20.5. The van der Waals surface area contributed by atoms with Gasteiger partial charge in [-0.2, -0.15) is 8.42 Å². The second-order valence-electron chi connectivity index (χ2n) is 16.5. The lowest BCUT2D eigenvalue weighted by molar-refractivity contribution is -0.154. The average Bonchev–Trinajstić information content (AvgIpc) is 3.88. The fraction of sp³-hybridized carbons (Fsp3) is 0.109. The van der Waals surface area contributed by atoms with Gasteiger partial charge in [0.25, 0.3) is 11.8 Å². The third-order valence-corrected chi connectivity index (χ3v) is 15.5. The molecule has 72 heavy (non-hydrogen) atoms. The maximum Gasteiger partial charge on any atom is 0.356 e. The number of allylic oxidation sites excluding steroid dienone is 1. The molecule has 2 aliphatic rings. The van der Waals surface area contributed by atoms with Gasteiger partial charge in [-0.3, -0.25) is 14.5 Å². The number of hydrogen-bond donors (Lipinski definition) is 2. The van der Waals surface area contributed by atoms with Gasteiger partial charge in [0.2, 0.25) is 5.37 Å². The number of anilines is 1. The maximum absolute atomic E-state index is 14.4. The van der Waals surface area contributed by atoms with Crippen molar-refractivity contribution in [3.8, 4) is 0 Å². The minimum absolute atomic E-state index is 0.00597. The number of aromatic nitrogens is 1. The van der Waals surface area contributed by atoms with Gasteiger partial charge in [-0.05, 0) is 64.1 Å². The molecule has 0 aliphatic carbocycles. The van der Waals surface area contributed by atoms with E-state index in [1.165, 1.54) is 29.5 Å². The number of rotatable bonds is 18. The molecule has 3 atom stereocenters. The third kappa shape index (κ3) is 10.4. The van der Waals surface area contributed by atoms with Gasteiger partial charge in [0, 0.05) is 11.0 Å². The van der Waals surface area contributed by atoms with Crippen molar-refractivity contribution in [1.82, 2.24) is 15.2 Å². The van der Waals surface area contributed by atoms with Crippen LogP contribution in [0.25, 0.3) is 5.76 Å². The predicted molar refractivity (Wildman–Crippen MR) is 276 cm³/mol. The van der Waals surface area contributed by atoms with Crippen molar-refractivity contribution in [2.24, 2.45) is 5.16 Å². The second kappa shape index (κ2) is 21.5. The molecule has 3 unspecified atom stereocenters. The van der Waals surface area contributed by atoms with Crippen LogP contribution in [-0.2, 0) is 55.0 Å². The summed E-state index contributed by atoms with van der Waals surface area (Å²) in [4.78, 5) is 52.9. The Morgan fingerprint density at radius 1 is 0.833 bits per heavy atom. The van der Waals surface area contributed by atoms with E-state index >= 15 is 0 Å². The van der Waals surface area contributed by atoms with Crippen molar-refractivity contribution in [2.45, 2.75) is 34.9 Å². The van der Waals surface area contributed by atoms with Crippen LogP contribution in [0.15, 0.2) is 222 Å². The Morgan fingerprint density at radius 2 is 1.36 bits per heavy atom. The summed E-state index contributed by atoms with van der Waals surface area (Å²) in [7, 11) is -4.29. The molecule has 2 N–H and O–H groups in total. The Balaban J connectivity index is 0.913. The molecule has 17 heteroatoms. The molecule has 2 amide bonds. The van der Waals surface area contributed by atoms with Crippen molar-refractivity contribution >= 4 is 67.5 Å². The molecule has 0 saturated carbocycles. The molecular formula is C55H45N5O9S3. The fourth-order valence-corrected chi connectivity index (χ4v) is 11.6. The Kier molecular flexibility index (Phi) is 14.6. The first-order chi connectivity index (χ1) is 34.9. The zero-order valence-electron chi connectivity index (χ0n) is 38.4. The molecule has 9 rings (SSSR count). The minimum Gasteiger partial charge on any atom is -0.614 e. The summed E-state index contributed by atoms with van der Waals surface area (Å²) >= 11 is -0.599. The molecule has 2 aliphatic heterocycles. The number of esters is 1. The summed E-state index contributed by atoms with van der Waals surface area (Å²) in [5.74, 6) is -2.91. The number of aryl methyl sites for hydroxylation is 1. The van der Waals surface area contributed by atoms with Gasteiger partial charge in [0.1, 0.15) is 40.1 Å². The van der Waals surface area contributed by atoms with Crippen molar-refractivity contribution in [3.05, 3.63) is 251 Å². The van der Waals surface area contributed by atoms with Crippen LogP contribution >= 0.6 is 11.3 Å². The largest absolute Gasteiger partial charge is 0.614 e. The van der Waals surface area contributed by atoms with E-state index in [0.717, 1.165) is 39.6 Å². The van der Waals surface area contributed by atoms with Gasteiger partial charge < -0.3 is 28.9 Å². The number of carbonyl (C=O) groups is 3. The fourth-order valence-electron chi connectivity index (χ4n) is 8.39. The molecule has 1 aromatic heterocycles. The Bertz CT molecular complexity index is 3150. The number of ether oxygens (including phenoxy) is 1. The van der Waals surface area contributed by atoms with E-state index < -0.39 is 62.1 Å². The van der Waals surface area contributed by atoms with E-state index in [0.29, 0.717) is 22.0 Å². The third-order valence-electron chi connectivity index (χ3n) is 11.9. The lowest BCUT2D eigenvalue weighted by Crippen LogP contribution is -2.74. The number of carbonyl (C=O) groups excluding carboxylic acids is 3. The van der Waals surface area contributed by atoms with Gasteiger partial charge in [-0.15, -0.1) is 11.3 Å². The number of benzene rings is 6. The van der Waals surface area contributed by atoms with Gasteiger partial charge >= 0.3 is 16.1 Å². The molecular weight excluding hydrogens is 971 g/mol. The lowest BCUT2D eigenvalue weighted by Gasteiger charge is -2.49. The first kappa shape index (κ1) is 48.9. The summed E-state index contributed by atoms with van der Waals surface area (Å²) in [6, 6.07) is 52.7. The summed E-state index contributed by atoms with van der Waals surface area (Å²) < 4.78 is 51.4. The van der Waals surface area contributed by atoms with E-state index in [4.69, 9.17) is 18.7 Å². The van der Waals surface area contributed by atoms with Crippen molar-refractivity contribution in [2.75, 3.05) is 11.1 Å². The molecule has 1 fully saturated rings. The van der Waals surface area contributed by atoms with Crippen molar-refractivity contribution in [3.63, 3.8) is 0 Å². The van der Waals surface area contributed by atoms with Crippen LogP contribution in [0.3, 0.4) is 0 Å². The number of thiazole rings is 1. The number of nitrogens with zero attached hydrogens (tertiary/aromatic N) is 3. The SMILES string of the molecule is C=C(ON=CC(=O)NC1C(=O)N2C(C(=O)OC(c3ccccc3)c3ccccc3)=C(C=COS(=O)(=O)c3ccc(C)cc3)C[S+]([O-])C12)c1csc(NC(c2ccccc2)(c2ccccc2)c2ccccc2)n1. The number of fused-ring (bicyclic) bond motifs is 1. The molecule has 14 nitrogen and oxygen atoms in total. The highest BCUT2D eigenvalue weighted by Crippen LogP contribution is 2.42. The standard InChI is InChI=1S/C55H45N5O9S3/c1-37-28-30-45(31-29-37)72(65,66)67-33-32-41-36-71(64)52-48(51(62)60(52)49(41)53(63)68-50(39-18-8-3-9-19-39)40-20-10-4-11-21-40)58-47(61)34-56-69-38(2)46-35-70-54(57-46)59-55(42-22-12-5-13-23-42,43-24-14-6-15-25-43)44-26-16-7-17-27-44/h3-35,48,50,52H,2,36H2,1H3,(H,57,59)(H,58,61). The van der Waals surface area contributed by atoms with Crippen LogP contribution in [-0.4, -0.2) is 64.0 Å². The maximum atomic E-state index is 14.4. The Hall–Kier alpha value is -8.09. The summed E-state index contributed by atoms with van der Waals surface area (Å²) in [6.45, 7) is 5.77. The predicted octanol–water partition coefficient (Wildman–Crippen LogP) is 8.75. The van der Waals surface area contributed by atoms with Crippen molar-refractivity contribution in [1.29, 1.82) is 0 Å². The number of β-lactam (4-membered cyclic amide) rings is 1. The number of hydrogen-bond acceptors (Lipinski definition) is 13. The lowest BCUT2D eigenvalue weighted by atomic mass is 9.77. The normalized spacial score (nSPS) is 16.8. The van der Waals surface area contributed by atoms with E-state index in [1.54, 1.807) is 73.0 Å². The number of oxime groups is 1. The number of amides is 2. The topological polar surface area (TPSA) is 189 Å². The van der Waals surface area contributed by atoms with E-state index in [2.05, 4.69) is 58.8 Å². The molecule has 0 spiro atoms. The molecule has 0 bridgehead atoms. The molecule has 6 aromatic carbocycles. The molecule has 1 saturated heterocycles.